The number of amides is 1. The molecule has 19 heavy (non-hydrogen) atoms. The molecule has 0 aliphatic carbocycles. The lowest BCUT2D eigenvalue weighted by molar-refractivity contribution is 0.0689. The summed E-state index contributed by atoms with van der Waals surface area (Å²) < 4.78 is 0.634. The fourth-order valence-corrected chi connectivity index (χ4v) is 3.24. The van der Waals surface area contributed by atoms with Gasteiger partial charge in [-0.25, -0.2) is 4.79 Å². The van der Waals surface area contributed by atoms with Crippen molar-refractivity contribution < 1.29 is 14.7 Å². The third-order valence-electron chi connectivity index (χ3n) is 2.43. The van der Waals surface area contributed by atoms with Gasteiger partial charge in [0, 0.05) is 14.9 Å². The Kier molecular flexibility index (Phi) is 5.66. The molecule has 0 saturated heterocycles. The number of carbonyl (C=O) groups excluding carboxylic acids is 1. The highest BCUT2D eigenvalue weighted by Gasteiger charge is 2.25. The predicted molar refractivity (Wildman–Crippen MR) is 86.0 cm³/mol. The van der Waals surface area contributed by atoms with Crippen molar-refractivity contribution >= 4 is 46.2 Å². The van der Waals surface area contributed by atoms with Crippen molar-refractivity contribution in [3.05, 3.63) is 32.9 Å². The number of nitrogens with one attached hydrogen (secondary N) is 1. The Labute approximate surface area is 130 Å². The van der Waals surface area contributed by atoms with Crippen molar-refractivity contribution in [1.29, 1.82) is 0 Å². The van der Waals surface area contributed by atoms with E-state index in [0.717, 1.165) is 5.75 Å². The van der Waals surface area contributed by atoms with Gasteiger partial charge < -0.3 is 10.4 Å². The Morgan fingerprint density at radius 3 is 2.58 bits per heavy atom. The second kappa shape index (κ2) is 6.60. The van der Waals surface area contributed by atoms with Gasteiger partial charge in [-0.3, -0.25) is 4.79 Å². The highest BCUT2D eigenvalue weighted by Crippen LogP contribution is 2.19. The topological polar surface area (TPSA) is 66.4 Å². The molecule has 0 radical (unpaired) electrons. The summed E-state index contributed by atoms with van der Waals surface area (Å²) in [6.07, 6.45) is 1.96. The second-order valence-corrected chi connectivity index (χ2v) is 6.77. The number of benzene rings is 1. The summed E-state index contributed by atoms with van der Waals surface area (Å²) >= 11 is 3.61. The average molecular weight is 393 g/mol. The molecule has 0 aliphatic heterocycles. The molecule has 1 rings (SSSR count). The molecule has 4 nitrogen and oxygen atoms in total. The number of hydrogen-bond donors (Lipinski definition) is 2. The van der Waals surface area contributed by atoms with Crippen LogP contribution in [0.2, 0.25) is 0 Å². The van der Waals surface area contributed by atoms with Crippen LogP contribution in [0.3, 0.4) is 0 Å². The molecular formula is C13H16INO3S. The van der Waals surface area contributed by atoms with E-state index in [1.165, 1.54) is 6.07 Å². The zero-order valence-electron chi connectivity index (χ0n) is 11.0. The molecule has 0 bridgehead atoms. The van der Waals surface area contributed by atoms with Crippen molar-refractivity contribution in [3.63, 3.8) is 0 Å². The van der Waals surface area contributed by atoms with Gasteiger partial charge in [-0.2, -0.15) is 11.8 Å². The lowest BCUT2D eigenvalue weighted by Gasteiger charge is -2.26. The van der Waals surface area contributed by atoms with Gasteiger partial charge in [-0.15, -0.1) is 0 Å². The third kappa shape index (κ3) is 4.38. The lowest BCUT2D eigenvalue weighted by Crippen LogP contribution is -2.46. The molecule has 1 aromatic carbocycles. The number of hydrogen-bond acceptors (Lipinski definition) is 3. The molecule has 0 aromatic heterocycles. The van der Waals surface area contributed by atoms with Crippen LogP contribution in [0, 0.1) is 3.57 Å². The third-order valence-corrected chi connectivity index (χ3v) is 4.34. The highest BCUT2D eigenvalue weighted by molar-refractivity contribution is 14.1. The molecule has 0 heterocycles. The Hall–Kier alpha value is -0.760. The summed E-state index contributed by atoms with van der Waals surface area (Å²) in [7, 11) is 0. The van der Waals surface area contributed by atoms with E-state index in [-0.39, 0.29) is 22.6 Å². The SMILES string of the molecule is CSCC(C)(C)NC(=O)c1c(I)cccc1C(=O)O. The van der Waals surface area contributed by atoms with E-state index in [2.05, 4.69) is 5.32 Å². The van der Waals surface area contributed by atoms with Crippen LogP contribution in [0.4, 0.5) is 0 Å². The first-order valence-corrected chi connectivity index (χ1v) is 8.09. The minimum atomic E-state index is -1.09. The van der Waals surface area contributed by atoms with E-state index in [1.54, 1.807) is 23.9 Å². The van der Waals surface area contributed by atoms with E-state index < -0.39 is 5.97 Å². The second-order valence-electron chi connectivity index (χ2n) is 4.74. The molecule has 6 heteroatoms. The molecule has 1 aromatic rings. The Balaban J connectivity index is 3.10. The van der Waals surface area contributed by atoms with E-state index in [1.807, 2.05) is 42.7 Å². The maximum Gasteiger partial charge on any atom is 0.336 e. The fraction of sp³-hybridized carbons (Fsp3) is 0.385. The molecule has 104 valence electrons. The van der Waals surface area contributed by atoms with Gasteiger partial charge in [-0.05, 0) is 54.8 Å². The van der Waals surface area contributed by atoms with Crippen LogP contribution in [-0.2, 0) is 0 Å². The first kappa shape index (κ1) is 16.3. The number of carbonyl (C=O) groups is 2. The van der Waals surface area contributed by atoms with E-state index in [0.29, 0.717) is 3.57 Å². The fourth-order valence-electron chi connectivity index (χ4n) is 1.70. The predicted octanol–water partition coefficient (Wildman–Crippen LogP) is 2.86. The summed E-state index contributed by atoms with van der Waals surface area (Å²) in [5.74, 6) is -0.683. The van der Waals surface area contributed by atoms with Gasteiger partial charge in [-0.1, -0.05) is 6.07 Å². The quantitative estimate of drug-likeness (QED) is 0.756. The first-order chi connectivity index (χ1) is 8.78. The van der Waals surface area contributed by atoms with Gasteiger partial charge in [0.1, 0.15) is 0 Å². The van der Waals surface area contributed by atoms with Crippen LogP contribution in [-0.4, -0.2) is 34.5 Å². The molecular weight excluding hydrogens is 377 g/mol. The van der Waals surface area contributed by atoms with Crippen molar-refractivity contribution in [3.8, 4) is 0 Å². The minimum absolute atomic E-state index is 0.0318. The molecule has 0 atom stereocenters. The van der Waals surface area contributed by atoms with Crippen molar-refractivity contribution in [1.82, 2.24) is 5.32 Å². The normalized spacial score (nSPS) is 11.2. The molecule has 2 N–H and O–H groups in total. The number of thioether (sulfide) groups is 1. The van der Waals surface area contributed by atoms with Gasteiger partial charge in [0.05, 0.1) is 11.1 Å². The van der Waals surface area contributed by atoms with Crippen LogP contribution in [0.15, 0.2) is 18.2 Å². The smallest absolute Gasteiger partial charge is 0.336 e. The zero-order chi connectivity index (χ0) is 14.6. The highest BCUT2D eigenvalue weighted by atomic mass is 127. The zero-order valence-corrected chi connectivity index (χ0v) is 14.0. The number of halogens is 1. The van der Waals surface area contributed by atoms with E-state index in [4.69, 9.17) is 5.11 Å². The standard InChI is InChI=1S/C13H16INO3S/c1-13(2,7-19-3)15-11(16)10-8(12(17)18)5-4-6-9(10)14/h4-6H,7H2,1-3H3,(H,15,16)(H,17,18). The molecule has 0 unspecified atom stereocenters. The number of rotatable bonds is 5. The molecule has 0 saturated carbocycles. The van der Waals surface area contributed by atoms with Crippen LogP contribution in [0.5, 0.6) is 0 Å². The molecule has 0 spiro atoms. The average Bonchev–Trinajstić information content (AvgIpc) is 2.27. The maximum absolute atomic E-state index is 12.3. The Bertz CT molecular complexity index is 503. The molecule has 0 fully saturated rings. The Morgan fingerprint density at radius 2 is 2.05 bits per heavy atom. The number of carboxylic acid groups (broad SMARTS) is 1. The number of carboxylic acids is 1. The molecule has 0 aliphatic rings. The first-order valence-electron chi connectivity index (χ1n) is 5.62. The van der Waals surface area contributed by atoms with Crippen molar-refractivity contribution in [2.45, 2.75) is 19.4 Å². The van der Waals surface area contributed by atoms with Crippen LogP contribution in [0.25, 0.3) is 0 Å². The lowest BCUT2D eigenvalue weighted by atomic mass is 10.0. The molecule has 1 amide bonds. The summed E-state index contributed by atoms with van der Waals surface area (Å²) in [5, 5.41) is 12.0. The van der Waals surface area contributed by atoms with Gasteiger partial charge in [0.25, 0.3) is 5.91 Å². The van der Waals surface area contributed by atoms with Gasteiger partial charge >= 0.3 is 5.97 Å². The largest absolute Gasteiger partial charge is 0.478 e. The number of aromatic carboxylic acids is 1. The summed E-state index contributed by atoms with van der Waals surface area (Å²) in [5.41, 5.74) is -0.125. The van der Waals surface area contributed by atoms with Crippen molar-refractivity contribution in [2.75, 3.05) is 12.0 Å². The van der Waals surface area contributed by atoms with Crippen LogP contribution >= 0.6 is 34.4 Å². The Morgan fingerprint density at radius 1 is 1.42 bits per heavy atom. The van der Waals surface area contributed by atoms with Crippen LogP contribution < -0.4 is 5.32 Å². The van der Waals surface area contributed by atoms with Crippen LogP contribution in [0.1, 0.15) is 34.6 Å². The maximum atomic E-state index is 12.3. The van der Waals surface area contributed by atoms with Crippen molar-refractivity contribution in [2.24, 2.45) is 0 Å². The summed E-state index contributed by atoms with van der Waals surface area (Å²) in [6.45, 7) is 3.83. The monoisotopic (exact) mass is 393 g/mol. The van der Waals surface area contributed by atoms with E-state index >= 15 is 0 Å². The summed E-state index contributed by atoms with van der Waals surface area (Å²) in [4.78, 5) is 23.5. The van der Waals surface area contributed by atoms with Gasteiger partial charge in [0.15, 0.2) is 0 Å². The van der Waals surface area contributed by atoms with Gasteiger partial charge in [0.2, 0.25) is 0 Å². The summed E-state index contributed by atoms with van der Waals surface area (Å²) in [6, 6.07) is 4.81. The van der Waals surface area contributed by atoms with E-state index in [9.17, 15) is 9.59 Å². The minimum Gasteiger partial charge on any atom is -0.478 e.